The van der Waals surface area contributed by atoms with E-state index in [1.807, 2.05) is 24.3 Å². The Morgan fingerprint density at radius 3 is 2.28 bits per heavy atom. The van der Waals surface area contributed by atoms with Crippen molar-refractivity contribution in [3.63, 3.8) is 0 Å². The van der Waals surface area contributed by atoms with Gasteiger partial charge in [0.15, 0.2) is 0 Å². The van der Waals surface area contributed by atoms with Gasteiger partial charge in [-0.15, -0.1) is 0 Å². The van der Waals surface area contributed by atoms with E-state index in [0.717, 1.165) is 27.8 Å². The second kappa shape index (κ2) is 9.36. The van der Waals surface area contributed by atoms with Gasteiger partial charge in [0.2, 0.25) is 0 Å². The average Bonchev–Trinajstić information content (AvgIpc) is 3.12. The predicted molar refractivity (Wildman–Crippen MR) is 120 cm³/mol. The van der Waals surface area contributed by atoms with Crippen molar-refractivity contribution in [1.82, 2.24) is 0 Å². The van der Waals surface area contributed by atoms with Crippen LogP contribution in [0.15, 0.2) is 66.7 Å². The van der Waals surface area contributed by atoms with E-state index in [1.165, 1.54) is 0 Å². The highest BCUT2D eigenvalue weighted by Gasteiger charge is 2.29. The van der Waals surface area contributed by atoms with Crippen LogP contribution in [0.4, 0.5) is 10.5 Å². The Bertz CT molecular complexity index is 1170. The molecule has 160 valence electrons. The molecule has 0 aromatic heterocycles. The van der Waals surface area contributed by atoms with E-state index in [9.17, 15) is 14.9 Å². The van der Waals surface area contributed by atoms with Gasteiger partial charge in [0.1, 0.15) is 6.61 Å². The monoisotopic (exact) mass is 426 g/mol. The largest absolute Gasteiger partial charge is 0.481 e. The lowest BCUT2D eigenvalue weighted by Gasteiger charge is -2.16. The van der Waals surface area contributed by atoms with Crippen LogP contribution in [0, 0.1) is 11.3 Å². The number of ether oxygens (including phenoxy) is 1. The maximum Gasteiger partial charge on any atom is 0.411 e. The Kier molecular flexibility index (Phi) is 6.18. The van der Waals surface area contributed by atoms with Gasteiger partial charge in [0, 0.05) is 18.0 Å². The first-order valence-electron chi connectivity index (χ1n) is 10.4. The van der Waals surface area contributed by atoms with Gasteiger partial charge in [-0.3, -0.25) is 10.1 Å². The zero-order valence-electron chi connectivity index (χ0n) is 17.4. The Balaban J connectivity index is 1.47. The summed E-state index contributed by atoms with van der Waals surface area (Å²) in [5.41, 5.74) is 6.19. The van der Waals surface area contributed by atoms with Gasteiger partial charge in [-0.05, 0) is 52.8 Å². The van der Waals surface area contributed by atoms with Gasteiger partial charge in [0.05, 0.1) is 11.6 Å². The number of anilines is 1. The molecule has 1 amide bonds. The molecule has 32 heavy (non-hydrogen) atoms. The van der Waals surface area contributed by atoms with E-state index in [4.69, 9.17) is 9.84 Å². The molecule has 1 aliphatic carbocycles. The minimum absolute atomic E-state index is 0.0321. The third-order valence-electron chi connectivity index (χ3n) is 5.66. The fourth-order valence-corrected chi connectivity index (χ4v) is 4.15. The number of hydrogen-bond acceptors (Lipinski definition) is 4. The Morgan fingerprint density at radius 1 is 1.00 bits per heavy atom. The molecule has 0 bridgehead atoms. The number of carboxylic acid groups (broad SMARTS) is 1. The molecule has 0 aliphatic heterocycles. The molecule has 0 heterocycles. The van der Waals surface area contributed by atoms with Crippen LogP contribution in [-0.2, 0) is 16.0 Å². The van der Waals surface area contributed by atoms with Crippen molar-refractivity contribution in [2.45, 2.75) is 25.2 Å². The lowest BCUT2D eigenvalue weighted by Crippen LogP contribution is -2.18. The summed E-state index contributed by atoms with van der Waals surface area (Å²) < 4.78 is 5.59. The molecule has 0 saturated heterocycles. The van der Waals surface area contributed by atoms with Crippen LogP contribution in [0.25, 0.3) is 11.1 Å². The first-order valence-corrected chi connectivity index (χ1v) is 10.4. The van der Waals surface area contributed by atoms with Crippen LogP contribution >= 0.6 is 0 Å². The smallest absolute Gasteiger partial charge is 0.411 e. The molecule has 2 N–H and O–H groups in total. The van der Waals surface area contributed by atoms with Crippen LogP contribution in [0.3, 0.4) is 0 Å². The molecule has 0 saturated carbocycles. The normalized spacial score (nSPS) is 11.8. The van der Waals surface area contributed by atoms with Crippen molar-refractivity contribution in [3.05, 3.63) is 89.0 Å². The molecule has 6 heteroatoms. The van der Waals surface area contributed by atoms with Gasteiger partial charge >= 0.3 is 12.1 Å². The van der Waals surface area contributed by atoms with E-state index in [0.29, 0.717) is 24.1 Å². The predicted octanol–water partition coefficient (Wildman–Crippen LogP) is 5.33. The lowest BCUT2D eigenvalue weighted by atomic mass is 9.98. The zero-order chi connectivity index (χ0) is 22.5. The second-order valence-corrected chi connectivity index (χ2v) is 7.68. The van der Waals surface area contributed by atoms with E-state index in [2.05, 4.69) is 35.7 Å². The Labute approximate surface area is 186 Å². The number of carbonyl (C=O) groups excluding carboxylic acids is 1. The second-order valence-electron chi connectivity index (χ2n) is 7.68. The molecular weight excluding hydrogens is 404 g/mol. The number of amides is 1. The summed E-state index contributed by atoms with van der Waals surface area (Å²) in [7, 11) is 0. The third kappa shape index (κ3) is 4.47. The van der Waals surface area contributed by atoms with Crippen molar-refractivity contribution in [2.75, 3.05) is 11.9 Å². The minimum atomic E-state index is -0.871. The van der Waals surface area contributed by atoms with Crippen LogP contribution < -0.4 is 5.32 Å². The van der Waals surface area contributed by atoms with E-state index >= 15 is 0 Å². The number of nitrogens with zero attached hydrogens (tertiary/aromatic N) is 1. The summed E-state index contributed by atoms with van der Waals surface area (Å²) in [6, 6.07) is 23.2. The minimum Gasteiger partial charge on any atom is -0.481 e. The number of hydrogen-bond donors (Lipinski definition) is 2. The molecule has 3 aromatic rings. The molecular formula is C26H22N2O4. The Morgan fingerprint density at radius 2 is 1.66 bits per heavy atom. The summed E-state index contributed by atoms with van der Waals surface area (Å²) in [4.78, 5) is 23.4. The Hall–Kier alpha value is -4.11. The summed E-state index contributed by atoms with van der Waals surface area (Å²) >= 11 is 0. The van der Waals surface area contributed by atoms with Crippen molar-refractivity contribution in [2.24, 2.45) is 0 Å². The van der Waals surface area contributed by atoms with Crippen LogP contribution in [0.2, 0.25) is 0 Å². The zero-order valence-corrected chi connectivity index (χ0v) is 17.4. The average molecular weight is 426 g/mol. The summed E-state index contributed by atoms with van der Waals surface area (Å²) in [6.07, 6.45) is 0.323. The molecule has 3 aromatic carbocycles. The van der Waals surface area contributed by atoms with Crippen LogP contribution in [-0.4, -0.2) is 23.8 Å². The number of aryl methyl sites for hydroxylation is 1. The fourth-order valence-electron chi connectivity index (χ4n) is 4.15. The first kappa shape index (κ1) is 21.1. The van der Waals surface area contributed by atoms with Gasteiger partial charge < -0.3 is 9.84 Å². The standard InChI is InChI=1S/C26H22N2O4/c27-15-17-12-13-18(6-5-11-25(29)30)24(14-17)28-26(31)32-16-23-21-9-3-1-7-19(21)20-8-2-4-10-22(20)23/h1-4,7-10,12-14,23H,5-6,11,16H2,(H,28,31)(H,29,30). The van der Waals surface area contributed by atoms with Crippen LogP contribution in [0.1, 0.15) is 41.0 Å². The van der Waals surface area contributed by atoms with Gasteiger partial charge in [-0.1, -0.05) is 54.6 Å². The highest BCUT2D eigenvalue weighted by molar-refractivity contribution is 5.86. The topological polar surface area (TPSA) is 99.4 Å². The van der Waals surface area contributed by atoms with E-state index in [-0.39, 0.29) is 18.9 Å². The number of nitriles is 1. The molecule has 0 atom stereocenters. The molecule has 0 fully saturated rings. The molecule has 1 aliphatic rings. The SMILES string of the molecule is N#Cc1ccc(CCCC(=O)O)c(NC(=O)OCC2c3ccccc3-c3ccccc32)c1. The third-order valence-corrected chi connectivity index (χ3v) is 5.66. The summed E-state index contributed by atoms with van der Waals surface area (Å²) in [5, 5.41) is 20.8. The maximum absolute atomic E-state index is 12.6. The highest BCUT2D eigenvalue weighted by Crippen LogP contribution is 2.44. The maximum atomic E-state index is 12.6. The lowest BCUT2D eigenvalue weighted by molar-refractivity contribution is -0.137. The van der Waals surface area contributed by atoms with Crippen molar-refractivity contribution < 1.29 is 19.4 Å². The van der Waals surface area contributed by atoms with Gasteiger partial charge in [-0.2, -0.15) is 5.26 Å². The first-order chi connectivity index (χ1) is 15.6. The van der Waals surface area contributed by atoms with Gasteiger partial charge in [0.25, 0.3) is 0 Å². The molecule has 0 radical (unpaired) electrons. The molecule has 6 nitrogen and oxygen atoms in total. The summed E-state index contributed by atoms with van der Waals surface area (Å²) in [5.74, 6) is -0.918. The fraction of sp³-hybridized carbons (Fsp3) is 0.192. The quantitative estimate of drug-likeness (QED) is 0.532. The molecule has 0 unspecified atom stereocenters. The van der Waals surface area contributed by atoms with Crippen LogP contribution in [0.5, 0.6) is 0 Å². The number of benzene rings is 3. The van der Waals surface area contributed by atoms with E-state index < -0.39 is 12.1 Å². The van der Waals surface area contributed by atoms with Crippen molar-refractivity contribution in [1.29, 1.82) is 5.26 Å². The van der Waals surface area contributed by atoms with E-state index in [1.54, 1.807) is 18.2 Å². The van der Waals surface area contributed by atoms with Gasteiger partial charge in [-0.25, -0.2) is 4.79 Å². The number of carbonyl (C=O) groups is 2. The number of carboxylic acids is 1. The number of aliphatic carboxylic acids is 1. The molecule has 0 spiro atoms. The number of rotatable bonds is 7. The number of fused-ring (bicyclic) bond motifs is 3. The summed E-state index contributed by atoms with van der Waals surface area (Å²) in [6.45, 7) is 0.187. The van der Waals surface area contributed by atoms with Crippen molar-refractivity contribution in [3.8, 4) is 17.2 Å². The highest BCUT2D eigenvalue weighted by atomic mass is 16.5. The molecule has 4 rings (SSSR count). The number of nitrogens with one attached hydrogen (secondary N) is 1. The van der Waals surface area contributed by atoms with Crippen molar-refractivity contribution >= 4 is 17.7 Å².